The number of aromatic nitrogens is 1. The van der Waals surface area contributed by atoms with Gasteiger partial charge < -0.3 is 19.4 Å². The number of carboxylic acids is 1. The van der Waals surface area contributed by atoms with Crippen molar-refractivity contribution in [3.8, 4) is 5.75 Å². The largest absolute Gasteiger partial charge is 0.491 e. The number of aliphatic hydroxyl groups is 1. The maximum Gasteiger partial charge on any atom is 0.357 e. The number of hydrogen-bond acceptors (Lipinski definition) is 4. The summed E-state index contributed by atoms with van der Waals surface area (Å²) in [6.07, 6.45) is 1.04. The zero-order valence-electron chi connectivity index (χ0n) is 19.8. The number of H-pyrrole nitrogens is 1. The second-order valence-corrected chi connectivity index (χ2v) is 9.53. The Labute approximate surface area is 189 Å². The number of aromatic amines is 1. The van der Waals surface area contributed by atoms with Crippen LogP contribution in [0, 0.1) is 12.3 Å². The number of aromatic carboxylic acids is 1. The number of aryl methyl sites for hydroxylation is 1. The molecule has 3 aromatic rings. The van der Waals surface area contributed by atoms with Crippen LogP contribution in [0.2, 0.25) is 0 Å². The molecule has 0 fully saturated rings. The zero-order chi connectivity index (χ0) is 23.7. The standard InChI is InChI=1S/C26H33NO5/c1-7-26(8-2,24-27-19-14-17(23(29)30)9-11-21(19)32-24)18-10-12-20(16(3)13-18)31-15-22(28)25(4,5)6/h9-14,22,28H,7-8,15H2,1-6H3,(H,29,30)/p+1. The number of rotatable bonds is 8. The summed E-state index contributed by atoms with van der Waals surface area (Å²) in [6.45, 7) is 12.4. The topological polar surface area (TPSA) is 94.0 Å². The first-order chi connectivity index (χ1) is 15.0. The highest BCUT2D eigenvalue weighted by atomic mass is 16.5. The van der Waals surface area contributed by atoms with E-state index in [0.29, 0.717) is 17.0 Å². The lowest BCUT2D eigenvalue weighted by molar-refractivity contribution is -0.377. The molecule has 0 aliphatic heterocycles. The van der Waals surface area contributed by atoms with Gasteiger partial charge in [-0.25, -0.2) is 4.79 Å². The van der Waals surface area contributed by atoms with E-state index in [2.05, 4.69) is 24.9 Å². The lowest BCUT2D eigenvalue weighted by atomic mass is 9.75. The van der Waals surface area contributed by atoms with Gasteiger partial charge >= 0.3 is 11.9 Å². The number of benzene rings is 2. The molecule has 6 heteroatoms. The molecule has 0 radical (unpaired) electrons. The minimum Gasteiger partial charge on any atom is -0.491 e. The first-order valence-electron chi connectivity index (χ1n) is 11.1. The summed E-state index contributed by atoms with van der Waals surface area (Å²) in [5.74, 6) is 0.484. The van der Waals surface area contributed by atoms with E-state index >= 15 is 0 Å². The van der Waals surface area contributed by atoms with Crippen molar-refractivity contribution in [3.63, 3.8) is 0 Å². The van der Waals surface area contributed by atoms with Gasteiger partial charge in [0.25, 0.3) is 0 Å². The lowest BCUT2D eigenvalue weighted by Gasteiger charge is -2.27. The van der Waals surface area contributed by atoms with Crippen LogP contribution in [0.1, 0.15) is 74.8 Å². The van der Waals surface area contributed by atoms with Gasteiger partial charge in [-0.1, -0.05) is 46.8 Å². The van der Waals surface area contributed by atoms with E-state index in [1.165, 1.54) is 0 Å². The molecule has 0 bridgehead atoms. The number of fused-ring (bicyclic) bond motifs is 1. The van der Waals surface area contributed by atoms with Gasteiger partial charge in [-0.3, -0.25) is 0 Å². The summed E-state index contributed by atoms with van der Waals surface area (Å²) in [7, 11) is 0. The van der Waals surface area contributed by atoms with Gasteiger partial charge in [-0.05, 0) is 54.5 Å². The SMILES string of the molecule is CCC(CC)(c1ccc(OCC(O)C(C)(C)C)c(C)c1)c1[nH+]c2cc(C(=O)O)ccc2o1. The molecule has 0 saturated heterocycles. The zero-order valence-corrected chi connectivity index (χ0v) is 19.8. The second kappa shape index (κ2) is 8.94. The Morgan fingerprint density at radius 3 is 2.38 bits per heavy atom. The van der Waals surface area contributed by atoms with E-state index in [1.807, 2.05) is 39.8 Å². The van der Waals surface area contributed by atoms with Crippen molar-refractivity contribution in [2.75, 3.05) is 6.61 Å². The smallest absolute Gasteiger partial charge is 0.357 e. The Hall–Kier alpha value is -2.86. The monoisotopic (exact) mass is 440 g/mol. The highest BCUT2D eigenvalue weighted by Crippen LogP contribution is 2.39. The third-order valence-electron chi connectivity index (χ3n) is 6.45. The van der Waals surface area contributed by atoms with Gasteiger partial charge in [0.2, 0.25) is 11.1 Å². The number of hydrogen-bond donors (Lipinski definition) is 2. The number of ether oxygens (including phenoxy) is 1. The molecule has 32 heavy (non-hydrogen) atoms. The molecule has 3 N–H and O–H groups in total. The van der Waals surface area contributed by atoms with E-state index in [4.69, 9.17) is 9.15 Å². The predicted molar refractivity (Wildman–Crippen MR) is 123 cm³/mol. The number of carbonyl (C=O) groups is 1. The van der Waals surface area contributed by atoms with Crippen LogP contribution < -0.4 is 9.72 Å². The van der Waals surface area contributed by atoms with Crippen LogP contribution in [0.25, 0.3) is 11.1 Å². The first kappa shape index (κ1) is 23.8. The van der Waals surface area contributed by atoms with Gasteiger partial charge in [0.15, 0.2) is 0 Å². The molecule has 0 spiro atoms. The summed E-state index contributed by atoms with van der Waals surface area (Å²) < 4.78 is 12.1. The molecular weight excluding hydrogens is 406 g/mol. The maximum absolute atomic E-state index is 11.3. The van der Waals surface area contributed by atoms with E-state index < -0.39 is 17.5 Å². The van der Waals surface area contributed by atoms with Gasteiger partial charge in [0.1, 0.15) is 17.8 Å². The molecule has 1 aromatic heterocycles. The van der Waals surface area contributed by atoms with E-state index in [-0.39, 0.29) is 17.6 Å². The van der Waals surface area contributed by atoms with E-state index in [1.54, 1.807) is 18.2 Å². The molecule has 0 amide bonds. The van der Waals surface area contributed by atoms with Crippen molar-refractivity contribution < 1.29 is 29.1 Å². The van der Waals surface area contributed by atoms with Crippen molar-refractivity contribution in [1.82, 2.24) is 0 Å². The van der Waals surface area contributed by atoms with Gasteiger partial charge in [0, 0.05) is 6.07 Å². The fourth-order valence-corrected chi connectivity index (χ4v) is 3.96. The molecule has 0 saturated carbocycles. The molecule has 172 valence electrons. The number of oxazole rings is 1. The van der Waals surface area contributed by atoms with E-state index in [0.717, 1.165) is 29.7 Å². The summed E-state index contributed by atoms with van der Waals surface area (Å²) in [5, 5.41) is 19.6. The highest BCUT2D eigenvalue weighted by Gasteiger charge is 2.41. The fraction of sp³-hybridized carbons (Fsp3) is 0.462. The molecule has 3 rings (SSSR count). The lowest BCUT2D eigenvalue weighted by Crippen LogP contribution is -2.32. The Morgan fingerprint density at radius 1 is 1.12 bits per heavy atom. The predicted octanol–water partition coefficient (Wildman–Crippen LogP) is 5.15. The quantitative estimate of drug-likeness (QED) is 0.505. The number of aliphatic hydroxyl groups excluding tert-OH is 1. The Balaban J connectivity index is 1.96. The van der Waals surface area contributed by atoms with Crippen LogP contribution in [0.5, 0.6) is 5.75 Å². The van der Waals surface area contributed by atoms with Crippen molar-refractivity contribution in [1.29, 1.82) is 0 Å². The Kier molecular flexibility index (Phi) is 6.65. The summed E-state index contributed by atoms with van der Waals surface area (Å²) in [5.41, 5.74) is 2.95. The molecule has 6 nitrogen and oxygen atoms in total. The third-order valence-corrected chi connectivity index (χ3v) is 6.45. The molecule has 1 atom stereocenters. The molecule has 0 aliphatic rings. The van der Waals surface area contributed by atoms with Crippen LogP contribution in [0.3, 0.4) is 0 Å². The summed E-state index contributed by atoms with van der Waals surface area (Å²) in [6, 6.07) is 10.9. The minimum atomic E-state index is -0.969. The number of nitrogens with one attached hydrogen (secondary N) is 1. The molecule has 2 aromatic carbocycles. The normalized spacial score (nSPS) is 13.3. The van der Waals surface area contributed by atoms with Gasteiger partial charge in [-0.15, -0.1) is 0 Å². The second-order valence-electron chi connectivity index (χ2n) is 9.53. The molecule has 0 aliphatic carbocycles. The van der Waals surface area contributed by atoms with Crippen molar-refractivity contribution in [2.24, 2.45) is 5.41 Å². The van der Waals surface area contributed by atoms with Crippen LogP contribution in [-0.2, 0) is 5.41 Å². The molecular formula is C26H34NO5+. The average molecular weight is 441 g/mol. The van der Waals surface area contributed by atoms with E-state index in [9.17, 15) is 15.0 Å². The molecule has 1 heterocycles. The number of carboxylic acid groups (broad SMARTS) is 1. The van der Waals surface area contributed by atoms with Gasteiger partial charge in [0.05, 0.1) is 11.7 Å². The van der Waals surface area contributed by atoms with Crippen molar-refractivity contribution >= 4 is 17.1 Å². The summed E-state index contributed by atoms with van der Waals surface area (Å²) >= 11 is 0. The Bertz CT molecular complexity index is 1110. The summed E-state index contributed by atoms with van der Waals surface area (Å²) in [4.78, 5) is 14.7. The Morgan fingerprint density at radius 2 is 1.81 bits per heavy atom. The van der Waals surface area contributed by atoms with Crippen molar-refractivity contribution in [2.45, 2.75) is 65.9 Å². The molecule has 1 unspecified atom stereocenters. The minimum absolute atomic E-state index is 0.217. The average Bonchev–Trinajstić information content (AvgIpc) is 3.17. The van der Waals surface area contributed by atoms with Crippen molar-refractivity contribution in [3.05, 3.63) is 59.0 Å². The van der Waals surface area contributed by atoms with Gasteiger partial charge in [-0.2, -0.15) is 4.98 Å². The van der Waals surface area contributed by atoms with Crippen LogP contribution >= 0.6 is 0 Å². The van der Waals surface area contributed by atoms with Crippen LogP contribution in [0.4, 0.5) is 0 Å². The highest BCUT2D eigenvalue weighted by molar-refractivity contribution is 5.91. The van der Waals surface area contributed by atoms with Crippen LogP contribution in [-0.4, -0.2) is 28.9 Å². The first-order valence-corrected chi connectivity index (χ1v) is 11.1. The van der Waals surface area contributed by atoms with Crippen LogP contribution in [0.15, 0.2) is 40.8 Å². The third kappa shape index (κ3) is 4.51. The fourth-order valence-electron chi connectivity index (χ4n) is 3.96. The maximum atomic E-state index is 11.3.